The van der Waals surface area contributed by atoms with Gasteiger partial charge in [-0.3, -0.25) is 19.7 Å². The number of nitro groups is 1. The van der Waals surface area contributed by atoms with Gasteiger partial charge in [0.05, 0.1) is 29.4 Å². The third-order valence-electron chi connectivity index (χ3n) is 3.93. The summed E-state index contributed by atoms with van der Waals surface area (Å²) in [5, 5.41) is 15.4. The van der Waals surface area contributed by atoms with Gasteiger partial charge in [0.1, 0.15) is 12.4 Å². The van der Waals surface area contributed by atoms with Crippen LogP contribution in [0.1, 0.15) is 0 Å². The van der Waals surface area contributed by atoms with Crippen molar-refractivity contribution in [3.63, 3.8) is 0 Å². The Morgan fingerprint density at radius 1 is 1.33 bits per heavy atom. The molecule has 1 fully saturated rings. The number of nitro benzene ring substituents is 1. The van der Waals surface area contributed by atoms with Crippen LogP contribution in [0.4, 0.5) is 5.69 Å². The molecule has 1 aromatic heterocycles. The number of hydrogen-bond donors (Lipinski definition) is 0. The van der Waals surface area contributed by atoms with Gasteiger partial charge in [-0.05, 0) is 12.1 Å². The van der Waals surface area contributed by atoms with Crippen molar-refractivity contribution in [2.75, 3.05) is 39.5 Å². The van der Waals surface area contributed by atoms with Crippen LogP contribution in [-0.2, 0) is 11.8 Å². The average molecular weight is 332 g/mol. The number of rotatable bonds is 6. The highest BCUT2D eigenvalue weighted by molar-refractivity contribution is 5.69. The first-order chi connectivity index (χ1) is 11.6. The van der Waals surface area contributed by atoms with E-state index in [0.717, 1.165) is 32.8 Å². The van der Waals surface area contributed by atoms with Crippen molar-refractivity contribution in [2.45, 2.75) is 0 Å². The van der Waals surface area contributed by atoms with Crippen LogP contribution >= 0.6 is 0 Å². The Labute approximate surface area is 139 Å². The average Bonchev–Trinajstić information content (AvgIpc) is 3.02. The summed E-state index contributed by atoms with van der Waals surface area (Å²) in [5.41, 5.74) is 1.31. The lowest BCUT2D eigenvalue weighted by Gasteiger charge is -2.26. The lowest BCUT2D eigenvalue weighted by molar-refractivity contribution is -0.384. The van der Waals surface area contributed by atoms with E-state index in [9.17, 15) is 10.1 Å². The topological polar surface area (TPSA) is 82.7 Å². The van der Waals surface area contributed by atoms with Crippen molar-refractivity contribution in [3.8, 4) is 17.0 Å². The largest absolute Gasteiger partial charge is 0.492 e. The summed E-state index contributed by atoms with van der Waals surface area (Å²) >= 11 is 0. The highest BCUT2D eigenvalue weighted by atomic mass is 16.6. The molecule has 0 unspecified atom stereocenters. The standard InChI is InChI=1S/C16H20N4O4/c1-18-5-4-15(17-18)14-12-13(20(21)22)2-3-16(14)24-11-8-19-6-9-23-10-7-19/h2-5,12H,6-11H2,1H3. The first-order valence-electron chi connectivity index (χ1n) is 7.85. The molecule has 24 heavy (non-hydrogen) atoms. The summed E-state index contributed by atoms with van der Waals surface area (Å²) in [6, 6.07) is 6.41. The summed E-state index contributed by atoms with van der Waals surface area (Å²) < 4.78 is 12.9. The van der Waals surface area contributed by atoms with Gasteiger partial charge < -0.3 is 9.47 Å². The van der Waals surface area contributed by atoms with E-state index in [-0.39, 0.29) is 5.69 Å². The van der Waals surface area contributed by atoms with Gasteiger partial charge in [-0.15, -0.1) is 0 Å². The van der Waals surface area contributed by atoms with E-state index in [2.05, 4.69) is 10.00 Å². The quantitative estimate of drug-likeness (QED) is 0.591. The maximum absolute atomic E-state index is 11.0. The third-order valence-corrected chi connectivity index (χ3v) is 3.93. The van der Waals surface area contributed by atoms with Gasteiger partial charge in [0.2, 0.25) is 0 Å². The van der Waals surface area contributed by atoms with Crippen LogP contribution in [0.2, 0.25) is 0 Å². The molecule has 2 heterocycles. The highest BCUT2D eigenvalue weighted by Crippen LogP contribution is 2.32. The Hall–Kier alpha value is -2.45. The fourth-order valence-electron chi connectivity index (χ4n) is 2.63. The molecule has 0 spiro atoms. The van der Waals surface area contributed by atoms with Gasteiger partial charge in [-0.1, -0.05) is 0 Å². The second-order valence-corrected chi connectivity index (χ2v) is 5.61. The van der Waals surface area contributed by atoms with Crippen LogP contribution in [0.5, 0.6) is 5.75 Å². The van der Waals surface area contributed by atoms with Crippen molar-refractivity contribution in [3.05, 3.63) is 40.6 Å². The SMILES string of the molecule is Cn1ccc(-c2cc([N+](=O)[O-])ccc2OCCN2CCOCC2)n1. The zero-order valence-electron chi connectivity index (χ0n) is 13.6. The molecule has 0 bridgehead atoms. The number of morpholine rings is 1. The van der Waals surface area contributed by atoms with Gasteiger partial charge in [0, 0.05) is 45.0 Å². The molecule has 0 amide bonds. The zero-order chi connectivity index (χ0) is 16.9. The molecule has 1 aromatic carbocycles. The minimum Gasteiger partial charge on any atom is -0.492 e. The van der Waals surface area contributed by atoms with Crippen molar-refractivity contribution >= 4 is 5.69 Å². The van der Waals surface area contributed by atoms with E-state index in [1.807, 2.05) is 6.07 Å². The van der Waals surface area contributed by atoms with Gasteiger partial charge in [0.25, 0.3) is 5.69 Å². The lowest BCUT2D eigenvalue weighted by atomic mass is 10.1. The monoisotopic (exact) mass is 332 g/mol. The predicted molar refractivity (Wildman–Crippen MR) is 88.1 cm³/mol. The summed E-state index contributed by atoms with van der Waals surface area (Å²) in [6.45, 7) is 4.60. The molecule has 128 valence electrons. The normalized spacial score (nSPS) is 15.4. The highest BCUT2D eigenvalue weighted by Gasteiger charge is 2.16. The minimum atomic E-state index is -0.413. The van der Waals surface area contributed by atoms with E-state index in [1.54, 1.807) is 24.0 Å². The first kappa shape index (κ1) is 16.4. The molecule has 8 nitrogen and oxygen atoms in total. The number of aryl methyl sites for hydroxylation is 1. The van der Waals surface area contributed by atoms with E-state index in [1.165, 1.54) is 12.1 Å². The number of nitrogens with zero attached hydrogens (tertiary/aromatic N) is 4. The summed E-state index contributed by atoms with van der Waals surface area (Å²) in [4.78, 5) is 12.9. The molecular weight excluding hydrogens is 312 g/mol. The van der Waals surface area contributed by atoms with Crippen LogP contribution in [-0.4, -0.2) is 59.1 Å². The smallest absolute Gasteiger partial charge is 0.270 e. The Morgan fingerprint density at radius 2 is 2.12 bits per heavy atom. The van der Waals surface area contributed by atoms with Gasteiger partial charge in [-0.25, -0.2) is 0 Å². The van der Waals surface area contributed by atoms with Gasteiger partial charge >= 0.3 is 0 Å². The summed E-state index contributed by atoms with van der Waals surface area (Å²) in [6.07, 6.45) is 1.80. The minimum absolute atomic E-state index is 0.0242. The van der Waals surface area contributed by atoms with Crippen LogP contribution in [0.25, 0.3) is 11.3 Å². The number of aromatic nitrogens is 2. The molecule has 0 radical (unpaired) electrons. The summed E-state index contributed by atoms with van der Waals surface area (Å²) in [7, 11) is 1.81. The number of hydrogen-bond acceptors (Lipinski definition) is 6. The van der Waals surface area contributed by atoms with E-state index >= 15 is 0 Å². The Bertz CT molecular complexity index is 710. The van der Waals surface area contributed by atoms with Gasteiger partial charge in [-0.2, -0.15) is 5.10 Å². The second kappa shape index (κ2) is 7.41. The maximum atomic E-state index is 11.0. The maximum Gasteiger partial charge on any atom is 0.270 e. The first-order valence-corrected chi connectivity index (χ1v) is 7.85. The third kappa shape index (κ3) is 3.90. The van der Waals surface area contributed by atoms with Crippen LogP contribution < -0.4 is 4.74 Å². The van der Waals surface area contributed by atoms with E-state index in [0.29, 0.717) is 23.6 Å². The fourth-order valence-corrected chi connectivity index (χ4v) is 2.63. The molecule has 0 N–H and O–H groups in total. The second-order valence-electron chi connectivity index (χ2n) is 5.61. The van der Waals surface area contributed by atoms with E-state index in [4.69, 9.17) is 9.47 Å². The Balaban J connectivity index is 1.74. The predicted octanol–water partition coefficient (Wildman–Crippen LogP) is 1.71. The molecular formula is C16H20N4O4. The molecule has 1 saturated heterocycles. The number of non-ortho nitro benzene ring substituents is 1. The molecule has 0 atom stereocenters. The lowest BCUT2D eigenvalue weighted by Crippen LogP contribution is -2.38. The number of ether oxygens (including phenoxy) is 2. The van der Waals surface area contributed by atoms with Crippen molar-refractivity contribution in [1.82, 2.24) is 14.7 Å². The molecule has 1 aliphatic rings. The van der Waals surface area contributed by atoms with Crippen molar-refractivity contribution in [2.24, 2.45) is 7.05 Å². The van der Waals surface area contributed by atoms with Crippen LogP contribution in [0.3, 0.4) is 0 Å². The Kier molecular flexibility index (Phi) is 5.07. The van der Waals surface area contributed by atoms with Crippen LogP contribution in [0.15, 0.2) is 30.5 Å². The van der Waals surface area contributed by atoms with E-state index < -0.39 is 4.92 Å². The van der Waals surface area contributed by atoms with Crippen molar-refractivity contribution < 1.29 is 14.4 Å². The molecule has 2 aromatic rings. The molecule has 8 heteroatoms. The van der Waals surface area contributed by atoms with Gasteiger partial charge in [0.15, 0.2) is 0 Å². The van der Waals surface area contributed by atoms with Crippen LogP contribution in [0, 0.1) is 10.1 Å². The molecule has 0 saturated carbocycles. The van der Waals surface area contributed by atoms with Crippen molar-refractivity contribution in [1.29, 1.82) is 0 Å². The molecule has 3 rings (SSSR count). The summed E-state index contributed by atoms with van der Waals surface area (Å²) in [5.74, 6) is 0.604. The molecule has 1 aliphatic heterocycles. The Morgan fingerprint density at radius 3 is 2.79 bits per heavy atom. The number of benzene rings is 1. The molecule has 0 aliphatic carbocycles. The zero-order valence-corrected chi connectivity index (χ0v) is 13.6. The fraction of sp³-hybridized carbons (Fsp3) is 0.438.